The summed E-state index contributed by atoms with van der Waals surface area (Å²) < 4.78 is 37.9. The molecule has 1 amide bonds. The first-order chi connectivity index (χ1) is 8.84. The van der Waals surface area contributed by atoms with Crippen molar-refractivity contribution in [2.75, 3.05) is 6.54 Å². The van der Waals surface area contributed by atoms with Gasteiger partial charge < -0.3 is 5.32 Å². The molecule has 19 heavy (non-hydrogen) atoms. The van der Waals surface area contributed by atoms with Crippen LogP contribution in [-0.2, 0) is 4.79 Å². The van der Waals surface area contributed by atoms with Gasteiger partial charge in [-0.3, -0.25) is 4.79 Å². The van der Waals surface area contributed by atoms with Crippen molar-refractivity contribution in [3.63, 3.8) is 0 Å². The van der Waals surface area contributed by atoms with E-state index in [-0.39, 0.29) is 24.1 Å². The van der Waals surface area contributed by atoms with Gasteiger partial charge in [0.2, 0.25) is 5.91 Å². The van der Waals surface area contributed by atoms with Crippen molar-refractivity contribution in [1.29, 1.82) is 0 Å². The molecule has 1 aliphatic rings. The van der Waals surface area contributed by atoms with Crippen LogP contribution < -0.4 is 5.32 Å². The average molecular weight is 300 g/mol. The number of hydrogen-bond donors (Lipinski definition) is 1. The van der Waals surface area contributed by atoms with E-state index in [4.69, 9.17) is 11.6 Å². The number of halogens is 4. The second kappa shape index (κ2) is 7.36. The van der Waals surface area contributed by atoms with Crippen LogP contribution in [0.25, 0.3) is 0 Å². The Balaban J connectivity index is 2.40. The van der Waals surface area contributed by atoms with Gasteiger partial charge in [-0.15, -0.1) is 11.6 Å². The number of carbonyl (C=O) groups excluding carboxylic acids is 1. The first-order valence-electron chi connectivity index (χ1n) is 6.83. The lowest BCUT2D eigenvalue weighted by Crippen LogP contribution is -2.39. The molecule has 0 radical (unpaired) electrons. The van der Waals surface area contributed by atoms with Crippen LogP contribution in [0.15, 0.2) is 0 Å². The van der Waals surface area contributed by atoms with Crippen molar-refractivity contribution in [1.82, 2.24) is 5.32 Å². The van der Waals surface area contributed by atoms with Crippen molar-refractivity contribution >= 4 is 17.5 Å². The molecule has 2 nitrogen and oxygen atoms in total. The second-order valence-corrected chi connectivity index (χ2v) is 5.85. The van der Waals surface area contributed by atoms with Gasteiger partial charge in [-0.2, -0.15) is 13.2 Å². The number of hydrogen-bond acceptors (Lipinski definition) is 1. The van der Waals surface area contributed by atoms with Crippen molar-refractivity contribution in [3.05, 3.63) is 0 Å². The fraction of sp³-hybridized carbons (Fsp3) is 0.923. The SMILES string of the molecule is CCCC(Cl)CNC(=O)C1CCCC(C(F)(F)F)C1. The number of nitrogens with one attached hydrogen (secondary N) is 1. The minimum atomic E-state index is -4.18. The normalized spacial score (nSPS) is 25.9. The monoisotopic (exact) mass is 299 g/mol. The van der Waals surface area contributed by atoms with E-state index in [0.717, 1.165) is 12.8 Å². The number of alkyl halides is 4. The average Bonchev–Trinajstić information content (AvgIpc) is 2.35. The van der Waals surface area contributed by atoms with Crippen LogP contribution in [0, 0.1) is 11.8 Å². The van der Waals surface area contributed by atoms with Crippen LogP contribution >= 0.6 is 11.6 Å². The van der Waals surface area contributed by atoms with Gasteiger partial charge in [0.25, 0.3) is 0 Å². The quantitative estimate of drug-likeness (QED) is 0.767. The molecule has 0 aromatic heterocycles. The molecule has 1 aliphatic carbocycles. The topological polar surface area (TPSA) is 29.1 Å². The van der Waals surface area contributed by atoms with Crippen molar-refractivity contribution in [2.45, 2.75) is 57.0 Å². The van der Waals surface area contributed by atoms with Crippen LogP contribution in [0.4, 0.5) is 13.2 Å². The highest BCUT2D eigenvalue weighted by molar-refractivity contribution is 6.20. The molecule has 3 atom stereocenters. The Labute approximate surface area is 117 Å². The van der Waals surface area contributed by atoms with E-state index in [2.05, 4.69) is 5.32 Å². The Hall–Kier alpha value is -0.450. The smallest absolute Gasteiger partial charge is 0.354 e. The van der Waals surface area contributed by atoms with Crippen LogP contribution in [0.3, 0.4) is 0 Å². The molecular weight excluding hydrogens is 279 g/mol. The zero-order valence-corrected chi connectivity index (χ0v) is 11.9. The molecule has 1 rings (SSSR count). The predicted octanol–water partition coefficient (Wildman–Crippen LogP) is 3.88. The molecule has 6 heteroatoms. The third-order valence-electron chi connectivity index (χ3n) is 3.61. The van der Waals surface area contributed by atoms with Crippen LogP contribution in [-0.4, -0.2) is 24.0 Å². The van der Waals surface area contributed by atoms with E-state index >= 15 is 0 Å². The largest absolute Gasteiger partial charge is 0.391 e. The summed E-state index contributed by atoms with van der Waals surface area (Å²) in [5.74, 6) is -2.14. The zero-order valence-electron chi connectivity index (χ0n) is 11.1. The molecule has 0 aromatic rings. The van der Waals surface area contributed by atoms with Gasteiger partial charge in [0.1, 0.15) is 0 Å². The first-order valence-corrected chi connectivity index (χ1v) is 7.26. The van der Waals surface area contributed by atoms with Crippen molar-refractivity contribution in [2.24, 2.45) is 11.8 Å². The van der Waals surface area contributed by atoms with Crippen molar-refractivity contribution in [3.8, 4) is 0 Å². The summed E-state index contributed by atoms with van der Waals surface area (Å²) in [5.41, 5.74) is 0. The summed E-state index contributed by atoms with van der Waals surface area (Å²) >= 11 is 5.97. The highest BCUT2D eigenvalue weighted by Crippen LogP contribution is 2.39. The van der Waals surface area contributed by atoms with Gasteiger partial charge in [-0.25, -0.2) is 0 Å². The third-order valence-corrected chi connectivity index (χ3v) is 3.98. The Bertz CT molecular complexity index is 296. The minimum Gasteiger partial charge on any atom is -0.354 e. The summed E-state index contributed by atoms with van der Waals surface area (Å²) in [7, 11) is 0. The van der Waals surface area contributed by atoms with Crippen LogP contribution in [0.1, 0.15) is 45.4 Å². The summed E-state index contributed by atoms with van der Waals surface area (Å²) in [6, 6.07) is 0. The Morgan fingerprint density at radius 3 is 2.68 bits per heavy atom. The van der Waals surface area contributed by atoms with Gasteiger partial charge in [-0.05, 0) is 25.7 Å². The van der Waals surface area contributed by atoms with E-state index in [9.17, 15) is 18.0 Å². The van der Waals surface area contributed by atoms with Gasteiger partial charge in [0, 0.05) is 12.5 Å². The molecule has 0 spiro atoms. The summed E-state index contributed by atoms with van der Waals surface area (Å²) in [6.45, 7) is 2.33. The molecule has 112 valence electrons. The fourth-order valence-electron chi connectivity index (χ4n) is 2.50. The molecule has 1 fully saturated rings. The Morgan fingerprint density at radius 2 is 2.11 bits per heavy atom. The fourth-order valence-corrected chi connectivity index (χ4v) is 2.79. The van der Waals surface area contributed by atoms with Gasteiger partial charge >= 0.3 is 6.18 Å². The standard InChI is InChI=1S/C13H21ClF3NO/c1-2-4-11(14)8-18-12(19)9-5-3-6-10(7-9)13(15,16)17/h9-11H,2-8H2,1H3,(H,18,19). The summed E-state index contributed by atoms with van der Waals surface area (Å²) in [4.78, 5) is 11.8. The molecule has 0 aliphatic heterocycles. The highest BCUT2D eigenvalue weighted by atomic mass is 35.5. The molecule has 1 saturated carbocycles. The van der Waals surface area contributed by atoms with E-state index in [0.29, 0.717) is 19.4 Å². The molecule has 1 N–H and O–H groups in total. The predicted molar refractivity (Wildman–Crippen MR) is 69.1 cm³/mol. The number of carbonyl (C=O) groups is 1. The van der Waals surface area contributed by atoms with Gasteiger partial charge in [0.15, 0.2) is 0 Å². The van der Waals surface area contributed by atoms with Gasteiger partial charge in [-0.1, -0.05) is 19.8 Å². The van der Waals surface area contributed by atoms with E-state index in [1.165, 1.54) is 0 Å². The molecule has 0 heterocycles. The zero-order chi connectivity index (χ0) is 14.5. The Kier molecular flexibility index (Phi) is 6.43. The lowest BCUT2D eigenvalue weighted by molar-refractivity contribution is -0.186. The number of rotatable bonds is 5. The Morgan fingerprint density at radius 1 is 1.42 bits per heavy atom. The molecule has 0 bridgehead atoms. The third kappa shape index (κ3) is 5.59. The van der Waals surface area contributed by atoms with E-state index in [1.807, 2.05) is 6.92 Å². The molecule has 3 unspecified atom stereocenters. The highest BCUT2D eigenvalue weighted by Gasteiger charge is 2.43. The summed E-state index contributed by atoms with van der Waals surface area (Å²) in [6.07, 6.45) is -1.42. The lowest BCUT2D eigenvalue weighted by atomic mass is 9.80. The first kappa shape index (κ1) is 16.6. The van der Waals surface area contributed by atoms with Crippen LogP contribution in [0.5, 0.6) is 0 Å². The summed E-state index contributed by atoms with van der Waals surface area (Å²) in [5, 5.41) is 2.53. The molecule has 0 saturated heterocycles. The maximum absolute atomic E-state index is 12.6. The molecule has 0 aromatic carbocycles. The van der Waals surface area contributed by atoms with Gasteiger partial charge in [0.05, 0.1) is 11.3 Å². The minimum absolute atomic E-state index is 0.0872. The van der Waals surface area contributed by atoms with E-state index < -0.39 is 18.0 Å². The molecular formula is C13H21ClF3NO. The number of amides is 1. The van der Waals surface area contributed by atoms with Crippen LogP contribution in [0.2, 0.25) is 0 Å². The van der Waals surface area contributed by atoms with Crippen molar-refractivity contribution < 1.29 is 18.0 Å². The van der Waals surface area contributed by atoms with E-state index in [1.54, 1.807) is 0 Å². The maximum Gasteiger partial charge on any atom is 0.391 e. The maximum atomic E-state index is 12.6. The lowest BCUT2D eigenvalue weighted by Gasteiger charge is -2.29. The second-order valence-electron chi connectivity index (χ2n) is 5.23.